The molecule has 104 valence electrons. The highest BCUT2D eigenvalue weighted by Crippen LogP contribution is 2.29. The molecule has 1 amide bonds. The number of nitrogens with zero attached hydrogens (tertiary/aromatic N) is 1. The summed E-state index contributed by atoms with van der Waals surface area (Å²) in [5.41, 5.74) is 0.784. The predicted molar refractivity (Wildman–Crippen MR) is 73.4 cm³/mol. The van der Waals surface area contributed by atoms with Gasteiger partial charge in [0.1, 0.15) is 5.75 Å². The summed E-state index contributed by atoms with van der Waals surface area (Å²) in [6.45, 7) is 2.62. The molecule has 0 aliphatic carbocycles. The Morgan fingerprint density at radius 1 is 1.47 bits per heavy atom. The van der Waals surface area contributed by atoms with Crippen LogP contribution in [0.3, 0.4) is 0 Å². The number of rotatable bonds is 4. The van der Waals surface area contributed by atoms with Crippen molar-refractivity contribution in [3.05, 3.63) is 24.3 Å². The van der Waals surface area contributed by atoms with E-state index in [-0.39, 0.29) is 24.6 Å². The number of aliphatic hydroxyl groups is 1. The number of hydrogen-bond donors (Lipinski definition) is 2. The topological polar surface area (TPSA) is 61.8 Å². The van der Waals surface area contributed by atoms with Crippen molar-refractivity contribution >= 4 is 11.6 Å². The number of carbonyl (C=O) groups is 1. The van der Waals surface area contributed by atoms with Gasteiger partial charge in [0.2, 0.25) is 5.91 Å². The van der Waals surface area contributed by atoms with E-state index in [1.807, 2.05) is 31.2 Å². The van der Waals surface area contributed by atoms with Gasteiger partial charge >= 0.3 is 0 Å². The molecular formula is C14H20N2O3. The highest BCUT2D eigenvalue weighted by Gasteiger charge is 2.33. The van der Waals surface area contributed by atoms with Crippen molar-refractivity contribution in [2.24, 2.45) is 0 Å². The van der Waals surface area contributed by atoms with Crippen LogP contribution in [0.5, 0.6) is 5.75 Å². The second-order valence-electron chi connectivity index (χ2n) is 4.75. The highest BCUT2D eigenvalue weighted by atomic mass is 16.5. The van der Waals surface area contributed by atoms with Gasteiger partial charge in [0.05, 0.1) is 18.8 Å². The molecule has 2 unspecified atom stereocenters. The van der Waals surface area contributed by atoms with Crippen LogP contribution in [0, 0.1) is 0 Å². The molecule has 1 aromatic carbocycles. The van der Waals surface area contributed by atoms with Gasteiger partial charge in [-0.3, -0.25) is 4.79 Å². The molecule has 19 heavy (non-hydrogen) atoms. The van der Waals surface area contributed by atoms with Gasteiger partial charge in [-0.25, -0.2) is 0 Å². The number of amides is 1. The molecule has 0 radical (unpaired) electrons. The second-order valence-corrected chi connectivity index (χ2v) is 4.75. The number of ether oxygens (including phenoxy) is 1. The third kappa shape index (κ3) is 2.88. The Bertz CT molecular complexity index is 450. The molecule has 0 aromatic heterocycles. The van der Waals surface area contributed by atoms with Crippen molar-refractivity contribution in [3.8, 4) is 5.75 Å². The minimum atomic E-state index is -0.335. The number of anilines is 1. The summed E-state index contributed by atoms with van der Waals surface area (Å²) in [4.78, 5) is 14.2. The van der Waals surface area contributed by atoms with Gasteiger partial charge in [-0.1, -0.05) is 12.1 Å². The summed E-state index contributed by atoms with van der Waals surface area (Å²) in [7, 11) is 1.60. The molecule has 1 aromatic rings. The maximum atomic E-state index is 12.4. The second kappa shape index (κ2) is 6.04. The summed E-state index contributed by atoms with van der Waals surface area (Å²) in [5, 5.41) is 12.3. The van der Waals surface area contributed by atoms with Gasteiger partial charge in [0, 0.05) is 19.2 Å². The lowest BCUT2D eigenvalue weighted by atomic mass is 10.1. The SMILES string of the molecule is COc1ccccc1N1CC(C)NC(CCO)C1=O. The van der Waals surface area contributed by atoms with Crippen LogP contribution in [0.15, 0.2) is 24.3 Å². The van der Waals surface area contributed by atoms with Crippen LogP contribution in [0.1, 0.15) is 13.3 Å². The van der Waals surface area contributed by atoms with E-state index in [9.17, 15) is 4.79 Å². The van der Waals surface area contributed by atoms with Crippen molar-refractivity contribution in [1.29, 1.82) is 0 Å². The third-order valence-electron chi connectivity index (χ3n) is 3.30. The fraction of sp³-hybridized carbons (Fsp3) is 0.500. The Morgan fingerprint density at radius 3 is 2.89 bits per heavy atom. The van der Waals surface area contributed by atoms with Crippen LogP contribution in [0.25, 0.3) is 0 Å². The van der Waals surface area contributed by atoms with E-state index in [0.717, 1.165) is 5.69 Å². The van der Waals surface area contributed by atoms with Crippen LogP contribution in [-0.4, -0.2) is 43.4 Å². The minimum Gasteiger partial charge on any atom is -0.495 e. The molecule has 0 spiro atoms. The van der Waals surface area contributed by atoms with Gasteiger partial charge in [-0.05, 0) is 25.5 Å². The molecule has 1 fully saturated rings. The zero-order valence-corrected chi connectivity index (χ0v) is 11.3. The number of carbonyl (C=O) groups excluding carboxylic acids is 1. The Hall–Kier alpha value is -1.59. The summed E-state index contributed by atoms with van der Waals surface area (Å²) in [6, 6.07) is 7.33. The normalized spacial score (nSPS) is 23.5. The van der Waals surface area contributed by atoms with E-state index in [1.54, 1.807) is 12.0 Å². The Labute approximate surface area is 113 Å². The third-order valence-corrected chi connectivity index (χ3v) is 3.30. The van der Waals surface area contributed by atoms with Crippen molar-refractivity contribution in [2.75, 3.05) is 25.2 Å². The van der Waals surface area contributed by atoms with E-state index < -0.39 is 0 Å². The lowest BCUT2D eigenvalue weighted by Gasteiger charge is -2.37. The average Bonchev–Trinajstić information content (AvgIpc) is 2.42. The molecular weight excluding hydrogens is 244 g/mol. The van der Waals surface area contributed by atoms with Gasteiger partial charge in [-0.2, -0.15) is 0 Å². The molecule has 1 aliphatic rings. The standard InChI is InChI=1S/C14H20N2O3/c1-10-9-16(14(18)11(15-10)7-8-17)12-5-3-4-6-13(12)19-2/h3-6,10-11,15,17H,7-9H2,1-2H3. The van der Waals surface area contributed by atoms with Gasteiger partial charge < -0.3 is 20.1 Å². The predicted octanol–water partition coefficient (Wildman–Crippen LogP) is 0.771. The lowest BCUT2D eigenvalue weighted by molar-refractivity contribution is -0.122. The molecule has 2 atom stereocenters. The summed E-state index contributed by atoms with van der Waals surface area (Å²) < 4.78 is 5.31. The van der Waals surface area contributed by atoms with E-state index in [1.165, 1.54) is 0 Å². The first-order chi connectivity index (χ1) is 9.17. The number of benzene rings is 1. The van der Waals surface area contributed by atoms with E-state index in [2.05, 4.69) is 5.32 Å². The highest BCUT2D eigenvalue weighted by molar-refractivity contribution is 5.99. The number of nitrogens with one attached hydrogen (secondary N) is 1. The maximum absolute atomic E-state index is 12.4. The molecule has 2 N–H and O–H groups in total. The van der Waals surface area contributed by atoms with Crippen LogP contribution < -0.4 is 15.0 Å². The molecule has 1 saturated heterocycles. The van der Waals surface area contributed by atoms with Crippen molar-refractivity contribution in [3.63, 3.8) is 0 Å². The number of para-hydroxylation sites is 2. The molecule has 5 nitrogen and oxygen atoms in total. The van der Waals surface area contributed by atoms with Gasteiger partial charge in [0.15, 0.2) is 0 Å². The Kier molecular flexibility index (Phi) is 4.39. The Morgan fingerprint density at radius 2 is 2.21 bits per heavy atom. The first kappa shape index (κ1) is 13.8. The molecule has 1 aliphatic heterocycles. The summed E-state index contributed by atoms with van der Waals surface area (Å²) in [5.74, 6) is 0.671. The molecule has 0 bridgehead atoms. The molecule has 0 saturated carbocycles. The molecule has 5 heteroatoms. The zero-order chi connectivity index (χ0) is 13.8. The van der Waals surface area contributed by atoms with E-state index in [0.29, 0.717) is 18.7 Å². The van der Waals surface area contributed by atoms with Crippen LogP contribution in [0.4, 0.5) is 5.69 Å². The monoisotopic (exact) mass is 264 g/mol. The largest absolute Gasteiger partial charge is 0.495 e. The van der Waals surface area contributed by atoms with Crippen LogP contribution in [-0.2, 0) is 4.79 Å². The van der Waals surface area contributed by atoms with Crippen molar-refractivity contribution < 1.29 is 14.6 Å². The van der Waals surface area contributed by atoms with Crippen molar-refractivity contribution in [2.45, 2.75) is 25.4 Å². The van der Waals surface area contributed by atoms with Crippen molar-refractivity contribution in [1.82, 2.24) is 5.32 Å². The van der Waals surface area contributed by atoms with E-state index in [4.69, 9.17) is 9.84 Å². The quantitative estimate of drug-likeness (QED) is 0.843. The fourth-order valence-corrected chi connectivity index (χ4v) is 2.43. The lowest BCUT2D eigenvalue weighted by Crippen LogP contribution is -2.59. The number of piperazine rings is 1. The summed E-state index contributed by atoms with van der Waals surface area (Å²) in [6.07, 6.45) is 0.425. The number of aliphatic hydroxyl groups excluding tert-OH is 1. The molecule has 2 rings (SSSR count). The minimum absolute atomic E-state index is 0.00408. The maximum Gasteiger partial charge on any atom is 0.244 e. The Balaban J connectivity index is 2.29. The fourth-order valence-electron chi connectivity index (χ4n) is 2.43. The van der Waals surface area contributed by atoms with Gasteiger partial charge in [0.25, 0.3) is 0 Å². The molecule has 1 heterocycles. The van der Waals surface area contributed by atoms with E-state index >= 15 is 0 Å². The van der Waals surface area contributed by atoms with Gasteiger partial charge in [-0.15, -0.1) is 0 Å². The van der Waals surface area contributed by atoms with Crippen LogP contribution >= 0.6 is 0 Å². The summed E-state index contributed by atoms with van der Waals surface area (Å²) >= 11 is 0. The number of methoxy groups -OCH3 is 1. The first-order valence-corrected chi connectivity index (χ1v) is 6.48. The smallest absolute Gasteiger partial charge is 0.244 e. The van der Waals surface area contributed by atoms with Crippen LogP contribution in [0.2, 0.25) is 0 Å². The number of hydrogen-bond acceptors (Lipinski definition) is 4. The zero-order valence-electron chi connectivity index (χ0n) is 11.3. The first-order valence-electron chi connectivity index (χ1n) is 6.48. The average molecular weight is 264 g/mol.